The topological polar surface area (TPSA) is 78.5 Å². The predicted octanol–water partition coefficient (Wildman–Crippen LogP) is 4.52. The molecule has 0 saturated carbocycles. The van der Waals surface area contributed by atoms with Gasteiger partial charge in [-0.25, -0.2) is 4.98 Å². The molecule has 3 aromatic rings. The smallest absolute Gasteiger partial charge is 0.491 e. The molecule has 0 saturated heterocycles. The molecule has 160 valence electrons. The van der Waals surface area contributed by atoms with Gasteiger partial charge in [0.25, 0.3) is 0 Å². The highest BCUT2D eigenvalue weighted by Crippen LogP contribution is 2.43. The van der Waals surface area contributed by atoms with Crippen molar-refractivity contribution in [3.63, 3.8) is 0 Å². The van der Waals surface area contributed by atoms with E-state index in [9.17, 15) is 22.0 Å². The Kier molecular flexibility index (Phi) is 5.00. The summed E-state index contributed by atoms with van der Waals surface area (Å²) in [5.41, 5.74) is 1.16. The lowest BCUT2D eigenvalue weighted by atomic mass is 10.3. The Balaban J connectivity index is 1.50. The van der Waals surface area contributed by atoms with Crippen molar-refractivity contribution in [1.29, 1.82) is 0 Å². The van der Waals surface area contributed by atoms with E-state index in [4.69, 9.17) is 9.47 Å². The summed E-state index contributed by atoms with van der Waals surface area (Å²) in [6.07, 6.45) is -6.91. The van der Waals surface area contributed by atoms with Gasteiger partial charge >= 0.3 is 12.5 Å². The molecule has 4 rings (SSSR count). The number of nitrogens with one attached hydrogen (secondary N) is 1. The summed E-state index contributed by atoms with van der Waals surface area (Å²) in [4.78, 5) is 11.3. The van der Waals surface area contributed by atoms with Gasteiger partial charge < -0.3 is 23.9 Å². The van der Waals surface area contributed by atoms with E-state index in [1.165, 1.54) is 43.3 Å². The number of aromatic nitrogens is 3. The zero-order chi connectivity index (χ0) is 21.5. The third-order valence-corrected chi connectivity index (χ3v) is 4.75. The molecule has 0 amide bonds. The SMILES string of the molecule is COc1c(OCC(F)(F)F)ccnc1CSc1nc2cc3c(cc2[nH]1)OC(F)(F)O3. The first kappa shape index (κ1) is 20.3. The van der Waals surface area contributed by atoms with E-state index in [1.807, 2.05) is 0 Å². The van der Waals surface area contributed by atoms with Crippen LogP contribution < -0.4 is 18.9 Å². The van der Waals surface area contributed by atoms with Gasteiger partial charge in [0.1, 0.15) is 0 Å². The van der Waals surface area contributed by atoms with E-state index in [0.717, 1.165) is 0 Å². The predicted molar refractivity (Wildman–Crippen MR) is 94.2 cm³/mol. The van der Waals surface area contributed by atoms with Crippen molar-refractivity contribution in [1.82, 2.24) is 15.0 Å². The lowest BCUT2D eigenvalue weighted by molar-refractivity contribution is -0.286. The average molecular weight is 449 g/mol. The molecule has 1 aliphatic heterocycles. The first-order valence-corrected chi connectivity index (χ1v) is 9.26. The van der Waals surface area contributed by atoms with Crippen LogP contribution in [-0.4, -0.2) is 41.1 Å². The highest BCUT2D eigenvalue weighted by Gasteiger charge is 2.43. The number of benzene rings is 1. The third-order valence-electron chi connectivity index (χ3n) is 3.87. The van der Waals surface area contributed by atoms with Crippen LogP contribution >= 0.6 is 11.8 Å². The van der Waals surface area contributed by atoms with E-state index in [-0.39, 0.29) is 28.8 Å². The van der Waals surface area contributed by atoms with Crippen molar-refractivity contribution in [3.8, 4) is 23.0 Å². The Labute approximate surface area is 169 Å². The number of pyridine rings is 1. The van der Waals surface area contributed by atoms with Gasteiger partial charge in [-0.1, -0.05) is 11.8 Å². The number of fused-ring (bicyclic) bond motifs is 2. The molecule has 0 radical (unpaired) electrons. The second-order valence-electron chi connectivity index (χ2n) is 6.01. The van der Waals surface area contributed by atoms with Gasteiger partial charge in [-0.05, 0) is 0 Å². The molecule has 0 unspecified atom stereocenters. The number of ether oxygens (including phenoxy) is 4. The minimum absolute atomic E-state index is 0.0772. The van der Waals surface area contributed by atoms with E-state index in [0.29, 0.717) is 21.9 Å². The fraction of sp³-hybridized carbons (Fsp3) is 0.294. The van der Waals surface area contributed by atoms with Crippen LogP contribution in [0.1, 0.15) is 5.69 Å². The Bertz CT molecular complexity index is 1040. The summed E-state index contributed by atoms with van der Waals surface area (Å²) in [6, 6.07) is 3.93. The van der Waals surface area contributed by atoms with E-state index in [1.54, 1.807) is 0 Å². The molecule has 13 heteroatoms. The van der Waals surface area contributed by atoms with Gasteiger partial charge in [0.15, 0.2) is 34.8 Å². The molecule has 0 aliphatic carbocycles. The fourth-order valence-electron chi connectivity index (χ4n) is 2.70. The highest BCUT2D eigenvalue weighted by atomic mass is 32.2. The van der Waals surface area contributed by atoms with E-state index < -0.39 is 19.1 Å². The Morgan fingerprint density at radius 2 is 1.93 bits per heavy atom. The van der Waals surface area contributed by atoms with Gasteiger partial charge in [0.2, 0.25) is 0 Å². The number of hydrogen-bond acceptors (Lipinski definition) is 7. The number of nitrogens with zero attached hydrogens (tertiary/aromatic N) is 2. The maximum absolute atomic E-state index is 13.1. The number of imidazole rings is 1. The Hall–Kier alpha value is -2.96. The molecular formula is C17H12F5N3O4S. The molecule has 30 heavy (non-hydrogen) atoms. The second-order valence-corrected chi connectivity index (χ2v) is 6.97. The number of hydrogen-bond donors (Lipinski definition) is 1. The molecule has 2 aromatic heterocycles. The van der Waals surface area contributed by atoms with Crippen LogP contribution in [0.5, 0.6) is 23.0 Å². The van der Waals surface area contributed by atoms with Crippen molar-refractivity contribution < 1.29 is 40.9 Å². The molecular weight excluding hydrogens is 437 g/mol. The van der Waals surface area contributed by atoms with Crippen LogP contribution in [0.3, 0.4) is 0 Å². The molecule has 0 bridgehead atoms. The first-order valence-electron chi connectivity index (χ1n) is 8.27. The fourth-order valence-corrected chi connectivity index (χ4v) is 3.53. The number of rotatable bonds is 6. The number of thioether (sulfide) groups is 1. The number of halogens is 5. The lowest BCUT2D eigenvalue weighted by Crippen LogP contribution is -2.25. The summed E-state index contributed by atoms with van der Waals surface area (Å²) in [7, 11) is 1.30. The molecule has 0 fully saturated rings. The highest BCUT2D eigenvalue weighted by molar-refractivity contribution is 7.98. The quantitative estimate of drug-likeness (QED) is 0.438. The molecule has 0 spiro atoms. The lowest BCUT2D eigenvalue weighted by Gasteiger charge is -2.14. The van der Waals surface area contributed by atoms with Crippen molar-refractivity contribution in [3.05, 3.63) is 30.1 Å². The van der Waals surface area contributed by atoms with Gasteiger partial charge in [0.05, 0.1) is 23.8 Å². The van der Waals surface area contributed by atoms with Crippen LogP contribution in [0, 0.1) is 0 Å². The summed E-state index contributed by atoms with van der Waals surface area (Å²) < 4.78 is 82.3. The number of H-pyrrole nitrogens is 1. The number of methoxy groups -OCH3 is 1. The van der Waals surface area contributed by atoms with Gasteiger partial charge in [-0.3, -0.25) is 4.98 Å². The van der Waals surface area contributed by atoms with Crippen LogP contribution in [0.2, 0.25) is 0 Å². The first-order chi connectivity index (χ1) is 14.1. The molecule has 1 aliphatic rings. The van der Waals surface area contributed by atoms with E-state index >= 15 is 0 Å². The van der Waals surface area contributed by atoms with Crippen LogP contribution in [0.4, 0.5) is 22.0 Å². The van der Waals surface area contributed by atoms with Gasteiger partial charge in [-0.2, -0.15) is 13.2 Å². The molecule has 3 heterocycles. The minimum atomic E-state index is -4.49. The molecule has 7 nitrogen and oxygen atoms in total. The van der Waals surface area contributed by atoms with Crippen molar-refractivity contribution in [2.45, 2.75) is 23.4 Å². The summed E-state index contributed by atoms with van der Waals surface area (Å²) >= 11 is 1.18. The second kappa shape index (κ2) is 7.38. The molecule has 1 N–H and O–H groups in total. The normalized spacial score (nSPS) is 14.9. The number of alkyl halides is 5. The largest absolute Gasteiger partial charge is 0.586 e. The van der Waals surface area contributed by atoms with Crippen LogP contribution in [-0.2, 0) is 5.75 Å². The van der Waals surface area contributed by atoms with Gasteiger partial charge in [0, 0.05) is 30.1 Å². The van der Waals surface area contributed by atoms with Crippen molar-refractivity contribution in [2.75, 3.05) is 13.7 Å². The van der Waals surface area contributed by atoms with Crippen LogP contribution in [0.15, 0.2) is 29.6 Å². The van der Waals surface area contributed by atoms with Crippen molar-refractivity contribution in [2.24, 2.45) is 0 Å². The molecule has 1 aromatic carbocycles. The van der Waals surface area contributed by atoms with Crippen LogP contribution in [0.25, 0.3) is 11.0 Å². The molecule has 0 atom stereocenters. The standard InChI is InChI=1S/C17H12F5N3O4S/c1-26-14-10(23-3-2-11(14)27-7-16(18,19)20)6-30-15-24-8-4-12-13(5-9(8)25-15)29-17(21,22)28-12/h2-5H,6-7H2,1H3,(H,24,25). The maximum atomic E-state index is 13.1. The zero-order valence-corrected chi connectivity index (χ0v) is 15.9. The minimum Gasteiger partial charge on any atom is -0.491 e. The number of aromatic amines is 1. The average Bonchev–Trinajstić information content (AvgIpc) is 3.18. The van der Waals surface area contributed by atoms with Gasteiger partial charge in [-0.15, -0.1) is 8.78 Å². The Morgan fingerprint density at radius 3 is 2.63 bits per heavy atom. The zero-order valence-electron chi connectivity index (χ0n) is 15.0. The monoisotopic (exact) mass is 449 g/mol. The Morgan fingerprint density at radius 1 is 1.20 bits per heavy atom. The summed E-state index contributed by atoms with van der Waals surface area (Å²) in [6.45, 7) is -1.46. The summed E-state index contributed by atoms with van der Waals surface area (Å²) in [5.74, 6) is -0.0687. The third kappa shape index (κ3) is 4.30. The summed E-state index contributed by atoms with van der Waals surface area (Å²) in [5, 5.41) is 0.422. The van der Waals surface area contributed by atoms with E-state index in [2.05, 4.69) is 24.4 Å². The van der Waals surface area contributed by atoms with Crippen molar-refractivity contribution >= 4 is 22.8 Å². The maximum Gasteiger partial charge on any atom is 0.586 e.